The average molecular weight is 361 g/mol. The topological polar surface area (TPSA) is 38.1 Å². The number of aryl methyl sites for hydroxylation is 2. The number of hydrogen-bond acceptors (Lipinski definition) is 2. The van der Waals surface area contributed by atoms with E-state index >= 15 is 0 Å². The summed E-state index contributed by atoms with van der Waals surface area (Å²) in [5, 5.41) is 0. The minimum absolute atomic E-state index is 0.145. The van der Waals surface area contributed by atoms with Crippen molar-refractivity contribution in [1.29, 1.82) is 0 Å². The fourth-order valence-corrected chi connectivity index (χ4v) is 4.09. The number of imidazole rings is 1. The maximum atomic E-state index is 12.7. The van der Waals surface area contributed by atoms with Crippen LogP contribution in [-0.4, -0.2) is 22.0 Å². The van der Waals surface area contributed by atoms with E-state index in [4.69, 9.17) is 4.98 Å². The van der Waals surface area contributed by atoms with Gasteiger partial charge < -0.3 is 9.47 Å². The molecule has 1 aliphatic heterocycles. The highest BCUT2D eigenvalue weighted by Crippen LogP contribution is 2.33. The summed E-state index contributed by atoms with van der Waals surface area (Å²) in [7, 11) is 0. The molecular weight excluding hydrogens is 334 g/mol. The van der Waals surface area contributed by atoms with Crippen molar-refractivity contribution in [2.45, 2.75) is 52.0 Å². The number of hydrogen-bond donors (Lipinski definition) is 0. The fraction of sp³-hybridized carbons (Fsp3) is 0.391. The standard InChI is InChI=1S/C23H27N3O/c1-3-4-7-13-25-21-12-6-5-11-20(21)24-23(25)18-15-22(27)26(16-18)19-10-8-9-17(2)14-19/h5-6,8-12,14,18H,3-4,7,13,15-16H2,1-2H3. The van der Waals surface area contributed by atoms with Crippen LogP contribution in [0.5, 0.6) is 0 Å². The zero-order chi connectivity index (χ0) is 18.8. The largest absolute Gasteiger partial charge is 0.328 e. The lowest BCUT2D eigenvalue weighted by Crippen LogP contribution is -2.24. The van der Waals surface area contributed by atoms with Gasteiger partial charge in [-0.1, -0.05) is 44.0 Å². The van der Waals surface area contributed by atoms with Crippen LogP contribution in [0, 0.1) is 6.92 Å². The summed E-state index contributed by atoms with van der Waals surface area (Å²) in [5.74, 6) is 1.40. The van der Waals surface area contributed by atoms with Crippen molar-refractivity contribution in [3.8, 4) is 0 Å². The number of benzene rings is 2. The third kappa shape index (κ3) is 3.48. The maximum absolute atomic E-state index is 12.7. The maximum Gasteiger partial charge on any atom is 0.227 e. The van der Waals surface area contributed by atoms with Gasteiger partial charge in [0.1, 0.15) is 5.82 Å². The summed E-state index contributed by atoms with van der Waals surface area (Å²) in [6, 6.07) is 16.5. The van der Waals surface area contributed by atoms with Gasteiger partial charge in [-0.15, -0.1) is 0 Å². The number of anilines is 1. The van der Waals surface area contributed by atoms with Crippen LogP contribution < -0.4 is 4.90 Å². The van der Waals surface area contributed by atoms with Crippen molar-refractivity contribution >= 4 is 22.6 Å². The molecule has 3 aromatic rings. The number of nitrogens with zero attached hydrogens (tertiary/aromatic N) is 3. The summed E-state index contributed by atoms with van der Waals surface area (Å²) in [6.07, 6.45) is 4.09. The molecule has 1 fully saturated rings. The molecular formula is C23H27N3O. The van der Waals surface area contributed by atoms with Gasteiger partial charge in [-0.3, -0.25) is 4.79 Å². The van der Waals surface area contributed by atoms with Crippen LogP contribution in [0.3, 0.4) is 0 Å². The molecule has 1 atom stereocenters. The van der Waals surface area contributed by atoms with Crippen LogP contribution in [-0.2, 0) is 11.3 Å². The minimum Gasteiger partial charge on any atom is -0.328 e. The van der Waals surface area contributed by atoms with E-state index in [0.717, 1.165) is 30.0 Å². The highest BCUT2D eigenvalue weighted by Gasteiger charge is 2.34. The summed E-state index contributed by atoms with van der Waals surface area (Å²) >= 11 is 0. The predicted octanol–water partition coefficient (Wildman–Crippen LogP) is 5.06. The zero-order valence-electron chi connectivity index (χ0n) is 16.2. The molecule has 140 valence electrons. The molecule has 4 heteroatoms. The highest BCUT2D eigenvalue weighted by atomic mass is 16.2. The first-order chi connectivity index (χ1) is 13.2. The Morgan fingerprint density at radius 2 is 1.96 bits per heavy atom. The Bertz CT molecular complexity index is 959. The second kappa shape index (κ2) is 7.55. The minimum atomic E-state index is 0.145. The van der Waals surface area contributed by atoms with Gasteiger partial charge in [-0.05, 0) is 43.2 Å². The number of carbonyl (C=O) groups excluding carboxylic acids is 1. The van der Waals surface area contributed by atoms with E-state index in [1.807, 2.05) is 23.1 Å². The second-order valence-corrected chi connectivity index (χ2v) is 7.56. The molecule has 1 amide bonds. The van der Waals surface area contributed by atoms with Gasteiger partial charge in [0.05, 0.1) is 11.0 Å². The molecule has 1 unspecified atom stereocenters. The van der Waals surface area contributed by atoms with Crippen LogP contribution in [0.15, 0.2) is 48.5 Å². The van der Waals surface area contributed by atoms with E-state index in [9.17, 15) is 4.79 Å². The fourth-order valence-electron chi connectivity index (χ4n) is 4.09. The molecule has 0 bridgehead atoms. The summed E-state index contributed by atoms with van der Waals surface area (Å²) in [5.41, 5.74) is 4.39. The lowest BCUT2D eigenvalue weighted by molar-refractivity contribution is -0.117. The Balaban J connectivity index is 1.66. The van der Waals surface area contributed by atoms with E-state index in [1.54, 1.807) is 0 Å². The first kappa shape index (κ1) is 17.8. The Hall–Kier alpha value is -2.62. The quantitative estimate of drug-likeness (QED) is 0.576. The van der Waals surface area contributed by atoms with Crippen molar-refractivity contribution in [2.75, 3.05) is 11.4 Å². The van der Waals surface area contributed by atoms with E-state index in [2.05, 4.69) is 48.7 Å². The normalized spacial score (nSPS) is 17.2. The molecule has 2 heterocycles. The first-order valence-electron chi connectivity index (χ1n) is 9.99. The molecule has 4 nitrogen and oxygen atoms in total. The van der Waals surface area contributed by atoms with Gasteiger partial charge >= 0.3 is 0 Å². The van der Waals surface area contributed by atoms with Gasteiger partial charge in [0, 0.05) is 31.1 Å². The van der Waals surface area contributed by atoms with Crippen molar-refractivity contribution in [1.82, 2.24) is 9.55 Å². The van der Waals surface area contributed by atoms with Crippen LogP contribution in [0.2, 0.25) is 0 Å². The predicted molar refractivity (Wildman–Crippen MR) is 110 cm³/mol. The lowest BCUT2D eigenvalue weighted by atomic mass is 10.1. The SMILES string of the molecule is CCCCCn1c(C2CC(=O)N(c3cccc(C)c3)C2)nc2ccccc21. The Labute approximate surface area is 160 Å². The highest BCUT2D eigenvalue weighted by molar-refractivity contribution is 5.96. The number of amides is 1. The van der Waals surface area contributed by atoms with Crippen molar-refractivity contribution < 1.29 is 4.79 Å². The molecule has 0 N–H and O–H groups in total. The molecule has 1 aliphatic rings. The molecule has 0 radical (unpaired) electrons. The molecule has 0 aliphatic carbocycles. The number of rotatable bonds is 6. The number of para-hydroxylation sites is 2. The van der Waals surface area contributed by atoms with Crippen LogP contribution in [0.4, 0.5) is 5.69 Å². The monoisotopic (exact) mass is 361 g/mol. The molecule has 1 saturated heterocycles. The van der Waals surface area contributed by atoms with E-state index < -0.39 is 0 Å². The third-order valence-electron chi connectivity index (χ3n) is 5.47. The summed E-state index contributed by atoms with van der Waals surface area (Å²) in [6.45, 7) is 5.97. The van der Waals surface area contributed by atoms with Crippen LogP contribution in [0.1, 0.15) is 49.9 Å². The summed E-state index contributed by atoms with van der Waals surface area (Å²) < 4.78 is 2.35. The third-order valence-corrected chi connectivity index (χ3v) is 5.47. The Kier molecular flexibility index (Phi) is 4.97. The van der Waals surface area contributed by atoms with Gasteiger partial charge in [0.15, 0.2) is 0 Å². The van der Waals surface area contributed by atoms with Gasteiger partial charge in [-0.2, -0.15) is 0 Å². The number of carbonyl (C=O) groups is 1. The van der Waals surface area contributed by atoms with E-state index in [0.29, 0.717) is 13.0 Å². The van der Waals surface area contributed by atoms with E-state index in [-0.39, 0.29) is 11.8 Å². The van der Waals surface area contributed by atoms with Gasteiger partial charge in [0.25, 0.3) is 0 Å². The second-order valence-electron chi connectivity index (χ2n) is 7.56. The van der Waals surface area contributed by atoms with Gasteiger partial charge in [-0.25, -0.2) is 4.98 Å². The van der Waals surface area contributed by atoms with Crippen molar-refractivity contribution in [2.24, 2.45) is 0 Å². The lowest BCUT2D eigenvalue weighted by Gasteiger charge is -2.18. The van der Waals surface area contributed by atoms with Crippen molar-refractivity contribution in [3.63, 3.8) is 0 Å². The van der Waals surface area contributed by atoms with Crippen LogP contribution in [0.25, 0.3) is 11.0 Å². The smallest absolute Gasteiger partial charge is 0.227 e. The number of unbranched alkanes of at least 4 members (excludes halogenated alkanes) is 2. The zero-order valence-corrected chi connectivity index (χ0v) is 16.2. The molecule has 4 rings (SSSR count). The molecule has 0 saturated carbocycles. The summed E-state index contributed by atoms with van der Waals surface area (Å²) in [4.78, 5) is 19.6. The molecule has 27 heavy (non-hydrogen) atoms. The molecule has 2 aromatic carbocycles. The van der Waals surface area contributed by atoms with E-state index in [1.165, 1.54) is 23.9 Å². The molecule has 0 spiro atoms. The van der Waals surface area contributed by atoms with Crippen molar-refractivity contribution in [3.05, 3.63) is 59.9 Å². The van der Waals surface area contributed by atoms with Gasteiger partial charge in [0.2, 0.25) is 5.91 Å². The number of aromatic nitrogens is 2. The molecule has 1 aromatic heterocycles. The van der Waals surface area contributed by atoms with Crippen LogP contribution >= 0.6 is 0 Å². The number of fused-ring (bicyclic) bond motifs is 1. The Morgan fingerprint density at radius 1 is 1.11 bits per heavy atom. The Morgan fingerprint density at radius 3 is 2.78 bits per heavy atom. The average Bonchev–Trinajstić information content (AvgIpc) is 3.23. The first-order valence-corrected chi connectivity index (χ1v) is 9.99.